The zero-order valence-corrected chi connectivity index (χ0v) is 12.6. The van der Waals surface area contributed by atoms with Crippen molar-refractivity contribution in [3.05, 3.63) is 34.1 Å². The first kappa shape index (κ1) is 15.3. The van der Waals surface area contributed by atoms with Gasteiger partial charge in [0.2, 0.25) is 11.2 Å². The van der Waals surface area contributed by atoms with Gasteiger partial charge in [0.1, 0.15) is 0 Å². The average molecular weight is 324 g/mol. The number of nitrogens with one attached hydrogen (secondary N) is 1. The third-order valence-electron chi connectivity index (χ3n) is 2.36. The van der Waals surface area contributed by atoms with Gasteiger partial charge in [0.25, 0.3) is 0 Å². The van der Waals surface area contributed by atoms with Crippen LogP contribution in [0.15, 0.2) is 18.2 Å². The Labute approximate surface area is 131 Å². The molecule has 1 aromatic heterocycles. The highest BCUT2D eigenvalue weighted by molar-refractivity contribution is 6.33. The molecule has 0 aliphatic rings. The van der Waals surface area contributed by atoms with E-state index < -0.39 is 0 Å². The normalized spacial score (nSPS) is 10.0. The molecule has 1 heterocycles. The highest BCUT2D eigenvalue weighted by atomic mass is 35.5. The summed E-state index contributed by atoms with van der Waals surface area (Å²) in [5.41, 5.74) is 0.962. The Morgan fingerprint density at radius 2 is 2.10 bits per heavy atom. The van der Waals surface area contributed by atoms with Gasteiger partial charge in [-0.15, -0.1) is 0 Å². The van der Waals surface area contributed by atoms with E-state index in [1.54, 1.807) is 18.2 Å². The van der Waals surface area contributed by atoms with Crippen molar-refractivity contribution in [3.63, 3.8) is 0 Å². The van der Waals surface area contributed by atoms with Gasteiger partial charge in [0.05, 0.1) is 28.9 Å². The summed E-state index contributed by atoms with van der Waals surface area (Å²) in [6.07, 6.45) is 0.822. The highest BCUT2D eigenvalue weighted by Crippen LogP contribution is 2.26. The van der Waals surface area contributed by atoms with E-state index in [2.05, 4.69) is 20.3 Å². The van der Waals surface area contributed by atoms with Crippen LogP contribution < -0.4 is 10.1 Å². The number of rotatable bonds is 5. The SMILES string of the molecule is CCCOc1nc(Cl)nc(Nc2cc(C#N)ccc2Cl)n1. The Morgan fingerprint density at radius 1 is 1.29 bits per heavy atom. The summed E-state index contributed by atoms with van der Waals surface area (Å²) < 4.78 is 5.32. The summed E-state index contributed by atoms with van der Waals surface area (Å²) in [5, 5.41) is 12.2. The van der Waals surface area contributed by atoms with Gasteiger partial charge in [-0.3, -0.25) is 0 Å². The van der Waals surface area contributed by atoms with Crippen molar-refractivity contribution in [1.82, 2.24) is 15.0 Å². The van der Waals surface area contributed by atoms with Gasteiger partial charge in [0.15, 0.2) is 0 Å². The zero-order chi connectivity index (χ0) is 15.2. The summed E-state index contributed by atoms with van der Waals surface area (Å²) in [4.78, 5) is 11.9. The fraction of sp³-hybridized carbons (Fsp3) is 0.231. The molecule has 1 aromatic carbocycles. The first-order valence-electron chi connectivity index (χ1n) is 6.13. The Kier molecular flexibility index (Phi) is 5.14. The summed E-state index contributed by atoms with van der Waals surface area (Å²) in [5.74, 6) is 0.193. The average Bonchev–Trinajstić information content (AvgIpc) is 2.47. The van der Waals surface area contributed by atoms with Crippen molar-refractivity contribution in [3.8, 4) is 12.1 Å². The van der Waals surface area contributed by atoms with Gasteiger partial charge >= 0.3 is 6.01 Å². The maximum atomic E-state index is 8.90. The number of hydrogen-bond acceptors (Lipinski definition) is 6. The second kappa shape index (κ2) is 7.07. The third kappa shape index (κ3) is 4.18. The lowest BCUT2D eigenvalue weighted by molar-refractivity contribution is 0.292. The van der Waals surface area contributed by atoms with Gasteiger partial charge in [0, 0.05) is 0 Å². The Balaban J connectivity index is 2.27. The molecule has 0 spiro atoms. The number of hydrogen-bond donors (Lipinski definition) is 1. The monoisotopic (exact) mass is 323 g/mol. The van der Waals surface area contributed by atoms with Crippen LogP contribution >= 0.6 is 23.2 Å². The fourth-order valence-electron chi connectivity index (χ4n) is 1.46. The minimum absolute atomic E-state index is 0.00571. The number of anilines is 2. The number of halogens is 2. The maximum Gasteiger partial charge on any atom is 0.322 e. The van der Waals surface area contributed by atoms with Crippen LogP contribution in [0.25, 0.3) is 0 Å². The predicted molar refractivity (Wildman–Crippen MR) is 80.1 cm³/mol. The number of nitrogens with zero attached hydrogens (tertiary/aromatic N) is 4. The first-order valence-corrected chi connectivity index (χ1v) is 6.89. The lowest BCUT2D eigenvalue weighted by Gasteiger charge is -2.09. The topological polar surface area (TPSA) is 83.7 Å². The summed E-state index contributed by atoms with van der Waals surface area (Å²) >= 11 is 11.9. The lowest BCUT2D eigenvalue weighted by atomic mass is 10.2. The van der Waals surface area contributed by atoms with E-state index in [1.165, 1.54) is 0 Å². The van der Waals surface area contributed by atoms with E-state index >= 15 is 0 Å². The minimum atomic E-state index is 0.00571. The van der Waals surface area contributed by atoms with Crippen LogP contribution in [0.3, 0.4) is 0 Å². The van der Waals surface area contributed by atoms with Gasteiger partial charge in [-0.25, -0.2) is 0 Å². The highest BCUT2D eigenvalue weighted by Gasteiger charge is 2.09. The van der Waals surface area contributed by atoms with Gasteiger partial charge in [-0.2, -0.15) is 20.2 Å². The van der Waals surface area contributed by atoms with E-state index in [1.807, 2.05) is 13.0 Å². The molecule has 0 saturated heterocycles. The molecule has 0 atom stereocenters. The number of aromatic nitrogens is 3. The van der Waals surface area contributed by atoms with Gasteiger partial charge < -0.3 is 10.1 Å². The molecule has 2 aromatic rings. The maximum absolute atomic E-state index is 8.90. The van der Waals surface area contributed by atoms with E-state index in [0.29, 0.717) is 22.9 Å². The largest absolute Gasteiger partial charge is 0.463 e. The molecule has 8 heteroatoms. The first-order chi connectivity index (χ1) is 10.1. The number of nitriles is 1. The Hall–Kier alpha value is -2.10. The molecule has 0 aliphatic carbocycles. The lowest BCUT2D eigenvalue weighted by Crippen LogP contribution is -2.05. The predicted octanol–water partition coefficient (Wildman–Crippen LogP) is 3.58. The minimum Gasteiger partial charge on any atom is -0.463 e. The van der Waals surface area contributed by atoms with Crippen LogP contribution in [0.1, 0.15) is 18.9 Å². The molecule has 0 unspecified atom stereocenters. The molecule has 0 bridgehead atoms. The van der Waals surface area contributed by atoms with Gasteiger partial charge in [-0.05, 0) is 36.2 Å². The Bertz CT molecular complexity index is 687. The van der Waals surface area contributed by atoms with Crippen LogP contribution in [0.4, 0.5) is 11.6 Å². The number of ether oxygens (including phenoxy) is 1. The molecule has 0 saturated carbocycles. The molecule has 108 valence electrons. The van der Waals surface area contributed by atoms with Crippen molar-refractivity contribution >= 4 is 34.8 Å². The number of benzene rings is 1. The molecule has 0 radical (unpaired) electrons. The van der Waals surface area contributed by atoms with Crippen molar-refractivity contribution in [1.29, 1.82) is 5.26 Å². The molecule has 2 rings (SSSR count). The smallest absolute Gasteiger partial charge is 0.322 e. The van der Waals surface area contributed by atoms with E-state index in [9.17, 15) is 0 Å². The van der Waals surface area contributed by atoms with E-state index in [-0.39, 0.29) is 17.2 Å². The fourth-order valence-corrected chi connectivity index (χ4v) is 1.77. The standard InChI is InChI=1S/C13H11Cl2N5O/c1-2-5-21-13-19-11(15)18-12(20-13)17-10-6-8(7-16)3-4-9(10)14/h3-4,6H,2,5H2,1H3,(H,17,18,19,20). The van der Waals surface area contributed by atoms with Crippen LogP contribution in [0.5, 0.6) is 6.01 Å². The second-order valence-electron chi connectivity index (χ2n) is 3.99. The van der Waals surface area contributed by atoms with Crippen molar-refractivity contribution in [2.45, 2.75) is 13.3 Å². The van der Waals surface area contributed by atoms with Crippen LogP contribution in [-0.2, 0) is 0 Å². The third-order valence-corrected chi connectivity index (χ3v) is 2.86. The van der Waals surface area contributed by atoms with E-state index in [0.717, 1.165) is 6.42 Å². The van der Waals surface area contributed by atoms with Crippen LogP contribution in [0.2, 0.25) is 10.3 Å². The molecule has 0 amide bonds. The van der Waals surface area contributed by atoms with Crippen molar-refractivity contribution in [2.24, 2.45) is 0 Å². The van der Waals surface area contributed by atoms with Crippen LogP contribution in [-0.4, -0.2) is 21.6 Å². The Morgan fingerprint density at radius 3 is 2.81 bits per heavy atom. The molecular formula is C13H11Cl2N5O. The van der Waals surface area contributed by atoms with Gasteiger partial charge in [-0.1, -0.05) is 18.5 Å². The molecule has 1 N–H and O–H groups in total. The summed E-state index contributed by atoms with van der Waals surface area (Å²) in [7, 11) is 0. The molecular weight excluding hydrogens is 313 g/mol. The molecule has 0 aliphatic heterocycles. The molecule has 0 fully saturated rings. The van der Waals surface area contributed by atoms with Crippen LogP contribution in [0, 0.1) is 11.3 Å². The van der Waals surface area contributed by atoms with E-state index in [4.69, 9.17) is 33.2 Å². The molecule has 21 heavy (non-hydrogen) atoms. The quantitative estimate of drug-likeness (QED) is 0.905. The zero-order valence-electron chi connectivity index (χ0n) is 11.1. The van der Waals surface area contributed by atoms with Crippen molar-refractivity contribution in [2.75, 3.05) is 11.9 Å². The summed E-state index contributed by atoms with van der Waals surface area (Å²) in [6, 6.07) is 6.98. The second-order valence-corrected chi connectivity index (χ2v) is 4.74. The summed E-state index contributed by atoms with van der Waals surface area (Å²) in [6.45, 7) is 2.44. The molecule has 6 nitrogen and oxygen atoms in total. The van der Waals surface area contributed by atoms with Crippen molar-refractivity contribution < 1.29 is 4.74 Å².